The van der Waals surface area contributed by atoms with Crippen LogP contribution in [0.15, 0.2) is 24.3 Å². The Hall–Kier alpha value is -0.990. The largest absolute Gasteiger partial charge is 0.416 e. The van der Waals surface area contributed by atoms with E-state index < -0.39 is 11.7 Å². The number of rotatable bonds is 4. The van der Waals surface area contributed by atoms with Crippen LogP contribution < -0.4 is 0 Å². The second-order valence-electron chi connectivity index (χ2n) is 5.25. The van der Waals surface area contributed by atoms with Crippen molar-refractivity contribution in [3.63, 3.8) is 0 Å². The van der Waals surface area contributed by atoms with Crippen molar-refractivity contribution in [2.24, 2.45) is 5.41 Å². The predicted octanol–water partition coefficient (Wildman–Crippen LogP) is 5.07. The third-order valence-corrected chi connectivity index (χ3v) is 2.92. The molecule has 17 heavy (non-hydrogen) atoms. The van der Waals surface area contributed by atoms with Crippen molar-refractivity contribution in [3.05, 3.63) is 35.4 Å². The third-order valence-electron chi connectivity index (χ3n) is 2.92. The van der Waals surface area contributed by atoms with E-state index in [1.807, 2.05) is 13.8 Å². The second-order valence-corrected chi connectivity index (χ2v) is 5.25. The molecular weight excluding hydrogens is 225 g/mol. The maximum absolute atomic E-state index is 12.8. The summed E-state index contributed by atoms with van der Waals surface area (Å²) in [7, 11) is 0. The van der Waals surface area contributed by atoms with Gasteiger partial charge in [-0.05, 0) is 29.9 Å². The standard InChI is InChI=1S/C14H19F3/c1-4-9-13(2,3)10-11-7-5-6-8-12(11)14(15,16)17/h5-8H,4,9-10H2,1-3H3. The fourth-order valence-electron chi connectivity index (χ4n) is 2.23. The van der Waals surface area contributed by atoms with Gasteiger partial charge in [0.1, 0.15) is 0 Å². The molecule has 0 aliphatic rings. The quantitative estimate of drug-likeness (QED) is 0.693. The highest BCUT2D eigenvalue weighted by atomic mass is 19.4. The average molecular weight is 244 g/mol. The molecule has 0 aliphatic carbocycles. The molecule has 0 saturated carbocycles. The maximum Gasteiger partial charge on any atom is 0.416 e. The van der Waals surface area contributed by atoms with Crippen LogP contribution >= 0.6 is 0 Å². The first kappa shape index (κ1) is 14.1. The Morgan fingerprint density at radius 2 is 1.65 bits per heavy atom. The lowest BCUT2D eigenvalue weighted by molar-refractivity contribution is -0.138. The second kappa shape index (κ2) is 5.11. The molecule has 3 heteroatoms. The van der Waals surface area contributed by atoms with Gasteiger partial charge < -0.3 is 0 Å². The molecule has 0 amide bonds. The average Bonchev–Trinajstić information content (AvgIpc) is 2.15. The summed E-state index contributed by atoms with van der Waals surface area (Å²) in [5, 5.41) is 0. The van der Waals surface area contributed by atoms with Gasteiger partial charge in [0.2, 0.25) is 0 Å². The van der Waals surface area contributed by atoms with E-state index in [0.717, 1.165) is 18.9 Å². The van der Waals surface area contributed by atoms with Gasteiger partial charge >= 0.3 is 6.18 Å². The number of benzene rings is 1. The fraction of sp³-hybridized carbons (Fsp3) is 0.571. The van der Waals surface area contributed by atoms with Gasteiger partial charge in [0.25, 0.3) is 0 Å². The summed E-state index contributed by atoms with van der Waals surface area (Å²) in [6.07, 6.45) is -1.87. The lowest BCUT2D eigenvalue weighted by Gasteiger charge is -2.25. The van der Waals surface area contributed by atoms with Gasteiger partial charge in [-0.1, -0.05) is 45.4 Å². The van der Waals surface area contributed by atoms with Gasteiger partial charge in [-0.15, -0.1) is 0 Å². The van der Waals surface area contributed by atoms with Crippen molar-refractivity contribution in [2.45, 2.75) is 46.2 Å². The minimum absolute atomic E-state index is 0.0872. The van der Waals surface area contributed by atoms with E-state index in [9.17, 15) is 13.2 Å². The normalized spacial score (nSPS) is 12.8. The third kappa shape index (κ3) is 4.06. The molecule has 0 saturated heterocycles. The maximum atomic E-state index is 12.8. The highest BCUT2D eigenvalue weighted by Gasteiger charge is 2.34. The Kier molecular flexibility index (Phi) is 4.23. The van der Waals surface area contributed by atoms with E-state index in [1.165, 1.54) is 6.07 Å². The molecular formula is C14H19F3. The van der Waals surface area contributed by atoms with Gasteiger partial charge in [0.05, 0.1) is 5.56 Å². The SMILES string of the molecule is CCCC(C)(C)Cc1ccccc1C(F)(F)F. The Labute approximate surface area is 101 Å². The van der Waals surface area contributed by atoms with Gasteiger partial charge in [0, 0.05) is 0 Å². The molecule has 96 valence electrons. The van der Waals surface area contributed by atoms with Crippen LogP contribution in [0.2, 0.25) is 0 Å². The Balaban J connectivity index is 2.99. The van der Waals surface area contributed by atoms with Crippen molar-refractivity contribution in [1.82, 2.24) is 0 Å². The monoisotopic (exact) mass is 244 g/mol. The molecule has 0 N–H and O–H groups in total. The lowest BCUT2D eigenvalue weighted by Crippen LogP contribution is -2.18. The van der Waals surface area contributed by atoms with Crippen LogP contribution in [0.3, 0.4) is 0 Å². The molecule has 0 fully saturated rings. The van der Waals surface area contributed by atoms with Gasteiger partial charge in [-0.3, -0.25) is 0 Å². The molecule has 0 nitrogen and oxygen atoms in total. The molecule has 0 bridgehead atoms. The number of alkyl halides is 3. The zero-order valence-electron chi connectivity index (χ0n) is 10.6. The van der Waals surface area contributed by atoms with Crippen LogP contribution in [0.25, 0.3) is 0 Å². The lowest BCUT2D eigenvalue weighted by atomic mass is 9.80. The van der Waals surface area contributed by atoms with E-state index >= 15 is 0 Å². The van der Waals surface area contributed by atoms with E-state index in [-0.39, 0.29) is 5.41 Å². The van der Waals surface area contributed by atoms with E-state index in [1.54, 1.807) is 12.1 Å². The molecule has 0 spiro atoms. The number of hydrogen-bond acceptors (Lipinski definition) is 0. The first-order valence-electron chi connectivity index (χ1n) is 5.91. The smallest absolute Gasteiger partial charge is 0.166 e. The van der Waals surface area contributed by atoms with Crippen LogP contribution in [-0.2, 0) is 12.6 Å². The first-order valence-corrected chi connectivity index (χ1v) is 5.91. The molecule has 1 rings (SSSR count). The van der Waals surface area contributed by atoms with Gasteiger partial charge in [0.15, 0.2) is 0 Å². The van der Waals surface area contributed by atoms with Crippen LogP contribution in [-0.4, -0.2) is 0 Å². The molecule has 0 unspecified atom stereocenters. The van der Waals surface area contributed by atoms with Crippen LogP contribution in [0.4, 0.5) is 13.2 Å². The van der Waals surface area contributed by atoms with Gasteiger partial charge in [-0.25, -0.2) is 0 Å². The fourth-order valence-corrected chi connectivity index (χ4v) is 2.23. The first-order chi connectivity index (χ1) is 7.76. The van der Waals surface area contributed by atoms with Crippen molar-refractivity contribution in [2.75, 3.05) is 0 Å². The Bertz CT molecular complexity index is 364. The molecule has 1 aromatic rings. The summed E-state index contributed by atoms with van der Waals surface area (Å²) >= 11 is 0. The van der Waals surface area contributed by atoms with Crippen molar-refractivity contribution >= 4 is 0 Å². The van der Waals surface area contributed by atoms with Crippen LogP contribution in [0.1, 0.15) is 44.7 Å². The summed E-state index contributed by atoms with van der Waals surface area (Å²) < 4.78 is 38.4. The number of hydrogen-bond donors (Lipinski definition) is 0. The Morgan fingerprint density at radius 3 is 2.18 bits per heavy atom. The summed E-state index contributed by atoms with van der Waals surface area (Å²) in [6, 6.07) is 5.86. The zero-order chi connectivity index (χ0) is 13.1. The van der Waals surface area contributed by atoms with E-state index in [4.69, 9.17) is 0 Å². The highest BCUT2D eigenvalue weighted by Crippen LogP contribution is 2.36. The number of halogens is 3. The summed E-state index contributed by atoms with van der Waals surface area (Å²) in [6.45, 7) is 6.09. The van der Waals surface area contributed by atoms with Crippen LogP contribution in [0, 0.1) is 5.41 Å². The molecule has 0 aliphatic heterocycles. The van der Waals surface area contributed by atoms with E-state index in [0.29, 0.717) is 12.0 Å². The summed E-state index contributed by atoms with van der Waals surface area (Å²) in [5.74, 6) is 0. The highest BCUT2D eigenvalue weighted by molar-refractivity contribution is 5.30. The summed E-state index contributed by atoms with van der Waals surface area (Å²) in [5.41, 5.74) is -0.182. The Morgan fingerprint density at radius 1 is 1.06 bits per heavy atom. The molecule has 0 atom stereocenters. The van der Waals surface area contributed by atoms with Gasteiger partial charge in [-0.2, -0.15) is 13.2 Å². The molecule has 0 aromatic heterocycles. The minimum atomic E-state index is -4.25. The van der Waals surface area contributed by atoms with Crippen molar-refractivity contribution < 1.29 is 13.2 Å². The zero-order valence-corrected chi connectivity index (χ0v) is 10.6. The van der Waals surface area contributed by atoms with Crippen molar-refractivity contribution in [1.29, 1.82) is 0 Å². The summed E-state index contributed by atoms with van der Waals surface area (Å²) in [4.78, 5) is 0. The molecule has 1 aromatic carbocycles. The minimum Gasteiger partial charge on any atom is -0.166 e. The van der Waals surface area contributed by atoms with Crippen LogP contribution in [0.5, 0.6) is 0 Å². The molecule has 0 heterocycles. The van der Waals surface area contributed by atoms with E-state index in [2.05, 4.69) is 6.92 Å². The molecule has 0 radical (unpaired) electrons. The van der Waals surface area contributed by atoms with Crippen molar-refractivity contribution in [3.8, 4) is 0 Å². The topological polar surface area (TPSA) is 0 Å². The predicted molar refractivity (Wildman–Crippen MR) is 63.8 cm³/mol.